The van der Waals surface area contributed by atoms with E-state index in [1.165, 1.54) is 32.1 Å². The maximum Gasteiger partial charge on any atom is 0.0642 e. The van der Waals surface area contributed by atoms with E-state index in [1.54, 1.807) is 7.11 Å². The van der Waals surface area contributed by atoms with Gasteiger partial charge in [0.05, 0.1) is 19.3 Å². The van der Waals surface area contributed by atoms with Crippen molar-refractivity contribution in [2.24, 2.45) is 0 Å². The van der Waals surface area contributed by atoms with Gasteiger partial charge in [-0.15, -0.1) is 0 Å². The van der Waals surface area contributed by atoms with Crippen molar-refractivity contribution in [1.29, 1.82) is 0 Å². The molecule has 92 valence electrons. The zero-order valence-corrected chi connectivity index (χ0v) is 10.6. The van der Waals surface area contributed by atoms with Crippen molar-refractivity contribution in [2.45, 2.75) is 45.1 Å². The van der Waals surface area contributed by atoms with Gasteiger partial charge in [-0.3, -0.25) is 0 Å². The van der Waals surface area contributed by atoms with Crippen molar-refractivity contribution in [3.8, 4) is 0 Å². The van der Waals surface area contributed by atoms with Gasteiger partial charge in [-0.1, -0.05) is 32.6 Å². The molecule has 0 heterocycles. The van der Waals surface area contributed by atoms with Crippen molar-refractivity contribution in [2.75, 3.05) is 34.0 Å². The second-order valence-electron chi connectivity index (χ2n) is 3.93. The fourth-order valence-corrected chi connectivity index (χ4v) is 1.45. The molecule has 1 unspecified atom stereocenters. The molecule has 0 radical (unpaired) electrons. The molecule has 0 aromatic carbocycles. The molecule has 0 saturated carbocycles. The number of ether oxygens (including phenoxy) is 2. The lowest BCUT2D eigenvalue weighted by Gasteiger charge is -2.15. The number of nitrogens with one attached hydrogen (secondary N) is 1. The van der Waals surface area contributed by atoms with Gasteiger partial charge in [0, 0.05) is 13.7 Å². The minimum atomic E-state index is 0.325. The number of hydrogen-bond donors (Lipinski definition) is 1. The van der Waals surface area contributed by atoms with E-state index in [9.17, 15) is 0 Å². The van der Waals surface area contributed by atoms with E-state index in [0.29, 0.717) is 12.6 Å². The quantitative estimate of drug-likeness (QED) is 0.538. The first-order chi connectivity index (χ1) is 7.35. The smallest absolute Gasteiger partial charge is 0.0642 e. The Kier molecular flexibility index (Phi) is 11.9. The third-order valence-corrected chi connectivity index (χ3v) is 2.49. The van der Waals surface area contributed by atoms with Crippen LogP contribution in [0.15, 0.2) is 0 Å². The summed E-state index contributed by atoms with van der Waals surface area (Å²) >= 11 is 0. The van der Waals surface area contributed by atoms with Gasteiger partial charge in [-0.05, 0) is 13.5 Å². The van der Waals surface area contributed by atoms with Crippen LogP contribution in [0, 0.1) is 0 Å². The van der Waals surface area contributed by atoms with Gasteiger partial charge in [0.15, 0.2) is 0 Å². The van der Waals surface area contributed by atoms with Crippen LogP contribution in [0.4, 0.5) is 0 Å². The van der Waals surface area contributed by atoms with E-state index in [1.807, 2.05) is 7.05 Å². The molecule has 1 N–H and O–H groups in total. The molecule has 0 aliphatic heterocycles. The molecule has 0 spiro atoms. The minimum Gasteiger partial charge on any atom is -0.383 e. The summed E-state index contributed by atoms with van der Waals surface area (Å²) in [5, 5.41) is 3.16. The molecule has 1 atom stereocenters. The second kappa shape index (κ2) is 12.0. The van der Waals surface area contributed by atoms with Gasteiger partial charge < -0.3 is 14.8 Å². The summed E-state index contributed by atoms with van der Waals surface area (Å²) in [6.07, 6.45) is 6.47. The van der Waals surface area contributed by atoms with Crippen molar-refractivity contribution >= 4 is 0 Å². The molecule has 0 aliphatic rings. The Hall–Kier alpha value is -0.120. The topological polar surface area (TPSA) is 30.5 Å². The standard InChI is InChI=1S/C12H27NO2/c1-4-5-6-7-8-9-15-11-12(13-2)10-14-3/h12-13H,4-11H2,1-3H3. The van der Waals surface area contributed by atoms with E-state index in [-0.39, 0.29) is 0 Å². The predicted molar refractivity (Wildman–Crippen MR) is 64.3 cm³/mol. The van der Waals surface area contributed by atoms with Crippen molar-refractivity contribution in [3.05, 3.63) is 0 Å². The highest BCUT2D eigenvalue weighted by Crippen LogP contribution is 2.02. The summed E-state index contributed by atoms with van der Waals surface area (Å²) in [6.45, 7) is 4.58. The molecule has 0 amide bonds. The van der Waals surface area contributed by atoms with Crippen LogP contribution in [0.5, 0.6) is 0 Å². The first kappa shape index (κ1) is 14.9. The number of likely N-dealkylation sites (N-methyl/N-ethyl adjacent to an activating group) is 1. The number of hydrogen-bond acceptors (Lipinski definition) is 3. The lowest BCUT2D eigenvalue weighted by Crippen LogP contribution is -2.34. The van der Waals surface area contributed by atoms with Gasteiger partial charge in [-0.25, -0.2) is 0 Å². The Morgan fingerprint density at radius 2 is 1.80 bits per heavy atom. The molecule has 0 fully saturated rings. The van der Waals surface area contributed by atoms with Crippen LogP contribution in [-0.4, -0.2) is 40.0 Å². The van der Waals surface area contributed by atoms with E-state index in [0.717, 1.165) is 13.2 Å². The summed E-state index contributed by atoms with van der Waals surface area (Å²) < 4.78 is 10.6. The average Bonchev–Trinajstić information content (AvgIpc) is 2.26. The molecule has 0 rings (SSSR count). The maximum absolute atomic E-state index is 5.58. The predicted octanol–water partition coefficient (Wildman–Crippen LogP) is 2.21. The number of methoxy groups -OCH3 is 1. The van der Waals surface area contributed by atoms with Crippen LogP contribution in [0.3, 0.4) is 0 Å². The zero-order valence-electron chi connectivity index (χ0n) is 10.6. The Labute approximate surface area is 94.5 Å². The van der Waals surface area contributed by atoms with E-state index in [4.69, 9.17) is 9.47 Å². The van der Waals surface area contributed by atoms with E-state index < -0.39 is 0 Å². The van der Waals surface area contributed by atoms with Crippen LogP contribution < -0.4 is 5.32 Å². The van der Waals surface area contributed by atoms with Crippen LogP contribution >= 0.6 is 0 Å². The van der Waals surface area contributed by atoms with Crippen LogP contribution in [0.2, 0.25) is 0 Å². The Bertz CT molecular complexity index is 120. The lowest BCUT2D eigenvalue weighted by atomic mass is 10.2. The van der Waals surface area contributed by atoms with Crippen LogP contribution in [-0.2, 0) is 9.47 Å². The zero-order chi connectivity index (χ0) is 11.4. The Morgan fingerprint density at radius 3 is 2.40 bits per heavy atom. The molecule has 15 heavy (non-hydrogen) atoms. The third kappa shape index (κ3) is 10.2. The first-order valence-corrected chi connectivity index (χ1v) is 6.09. The molecule has 0 aromatic heterocycles. The summed E-state index contributed by atoms with van der Waals surface area (Å²) in [6, 6.07) is 0.325. The summed E-state index contributed by atoms with van der Waals surface area (Å²) in [7, 11) is 3.66. The van der Waals surface area contributed by atoms with E-state index in [2.05, 4.69) is 12.2 Å². The third-order valence-electron chi connectivity index (χ3n) is 2.49. The molecule has 0 saturated heterocycles. The van der Waals surface area contributed by atoms with Gasteiger partial charge in [-0.2, -0.15) is 0 Å². The van der Waals surface area contributed by atoms with Crippen molar-refractivity contribution in [1.82, 2.24) is 5.32 Å². The van der Waals surface area contributed by atoms with Crippen LogP contribution in [0.25, 0.3) is 0 Å². The Balaban J connectivity index is 3.14. The number of rotatable bonds is 11. The van der Waals surface area contributed by atoms with Crippen LogP contribution in [0.1, 0.15) is 39.0 Å². The fourth-order valence-electron chi connectivity index (χ4n) is 1.45. The highest BCUT2D eigenvalue weighted by molar-refractivity contribution is 4.61. The average molecular weight is 217 g/mol. The highest BCUT2D eigenvalue weighted by atomic mass is 16.5. The van der Waals surface area contributed by atoms with E-state index >= 15 is 0 Å². The number of unbranched alkanes of at least 4 members (excludes halogenated alkanes) is 4. The highest BCUT2D eigenvalue weighted by Gasteiger charge is 2.04. The summed E-state index contributed by atoms with van der Waals surface area (Å²) in [5.74, 6) is 0. The Morgan fingerprint density at radius 1 is 1.07 bits per heavy atom. The maximum atomic E-state index is 5.58. The normalized spacial score (nSPS) is 13.0. The molecular weight excluding hydrogens is 190 g/mol. The van der Waals surface area contributed by atoms with Gasteiger partial charge in [0.1, 0.15) is 0 Å². The molecular formula is C12H27NO2. The molecule has 3 nitrogen and oxygen atoms in total. The van der Waals surface area contributed by atoms with Gasteiger partial charge >= 0.3 is 0 Å². The van der Waals surface area contributed by atoms with Gasteiger partial charge in [0.2, 0.25) is 0 Å². The monoisotopic (exact) mass is 217 g/mol. The minimum absolute atomic E-state index is 0.325. The molecule has 0 bridgehead atoms. The van der Waals surface area contributed by atoms with Gasteiger partial charge in [0.25, 0.3) is 0 Å². The lowest BCUT2D eigenvalue weighted by molar-refractivity contribution is 0.0749. The largest absolute Gasteiger partial charge is 0.383 e. The molecule has 3 heteroatoms. The summed E-state index contributed by atoms with van der Waals surface area (Å²) in [5.41, 5.74) is 0. The van der Waals surface area contributed by atoms with Crippen molar-refractivity contribution < 1.29 is 9.47 Å². The van der Waals surface area contributed by atoms with Crippen molar-refractivity contribution in [3.63, 3.8) is 0 Å². The second-order valence-corrected chi connectivity index (χ2v) is 3.93. The molecule has 0 aliphatic carbocycles. The first-order valence-electron chi connectivity index (χ1n) is 6.09. The summed E-state index contributed by atoms with van der Waals surface area (Å²) in [4.78, 5) is 0. The fraction of sp³-hybridized carbons (Fsp3) is 1.00. The SMILES string of the molecule is CCCCCCCOCC(COC)NC. The molecule has 0 aromatic rings.